The molecule has 2 rings (SSSR count). The monoisotopic (exact) mass is 256 g/mol. The van der Waals surface area contributed by atoms with Gasteiger partial charge in [0, 0.05) is 12.1 Å². The van der Waals surface area contributed by atoms with Gasteiger partial charge in [-0.2, -0.15) is 5.26 Å². The fourth-order valence-corrected chi connectivity index (χ4v) is 3.38. The Morgan fingerprint density at radius 2 is 1.68 bits per heavy atom. The van der Waals surface area contributed by atoms with Gasteiger partial charge in [0.05, 0.1) is 11.6 Å². The lowest BCUT2D eigenvalue weighted by molar-refractivity contribution is 0.228. The summed E-state index contributed by atoms with van der Waals surface area (Å²) in [6.45, 7) is 6.93. The molecule has 2 heteroatoms. The van der Waals surface area contributed by atoms with E-state index < -0.39 is 0 Å². The third-order valence-electron chi connectivity index (χ3n) is 4.20. The average molecular weight is 256 g/mol. The van der Waals surface area contributed by atoms with Gasteiger partial charge < -0.3 is 5.32 Å². The van der Waals surface area contributed by atoms with Gasteiger partial charge in [-0.15, -0.1) is 0 Å². The van der Waals surface area contributed by atoms with Crippen LogP contribution in [0.1, 0.15) is 57.2 Å². The number of hydrogen-bond acceptors (Lipinski definition) is 2. The molecule has 0 radical (unpaired) electrons. The molecule has 1 aliphatic rings. The predicted octanol–water partition coefficient (Wildman–Crippen LogP) is 4.03. The zero-order valence-electron chi connectivity index (χ0n) is 12.2. The normalized spacial score (nSPS) is 28.6. The molecule has 1 aromatic rings. The highest BCUT2D eigenvalue weighted by atomic mass is 14.9. The lowest BCUT2D eigenvalue weighted by Crippen LogP contribution is -2.37. The quantitative estimate of drug-likeness (QED) is 0.886. The van der Waals surface area contributed by atoms with Gasteiger partial charge >= 0.3 is 0 Å². The van der Waals surface area contributed by atoms with Crippen LogP contribution in [-0.4, -0.2) is 6.04 Å². The van der Waals surface area contributed by atoms with Crippen LogP contribution in [0.15, 0.2) is 24.3 Å². The van der Waals surface area contributed by atoms with E-state index in [2.05, 4.69) is 44.3 Å². The van der Waals surface area contributed by atoms with Crippen LogP contribution in [0.2, 0.25) is 0 Å². The molecule has 0 saturated heterocycles. The fraction of sp³-hybridized carbons (Fsp3) is 0.588. The average Bonchev–Trinajstić information content (AvgIpc) is 2.37. The van der Waals surface area contributed by atoms with Crippen molar-refractivity contribution in [2.75, 3.05) is 0 Å². The van der Waals surface area contributed by atoms with Gasteiger partial charge in [-0.1, -0.05) is 26.0 Å². The number of hydrogen-bond donors (Lipinski definition) is 1. The van der Waals surface area contributed by atoms with E-state index in [1.54, 1.807) is 0 Å². The maximum absolute atomic E-state index is 8.82. The molecule has 2 nitrogen and oxygen atoms in total. The largest absolute Gasteiger partial charge is 0.307 e. The Balaban J connectivity index is 1.96. The van der Waals surface area contributed by atoms with Crippen LogP contribution in [-0.2, 0) is 0 Å². The van der Waals surface area contributed by atoms with Gasteiger partial charge in [-0.3, -0.25) is 0 Å². The van der Waals surface area contributed by atoms with Crippen molar-refractivity contribution in [2.45, 2.75) is 52.1 Å². The second-order valence-electron chi connectivity index (χ2n) is 6.24. The number of benzene rings is 1. The first-order valence-corrected chi connectivity index (χ1v) is 7.34. The van der Waals surface area contributed by atoms with Gasteiger partial charge in [0.15, 0.2) is 0 Å². The first-order valence-electron chi connectivity index (χ1n) is 7.34. The highest BCUT2D eigenvalue weighted by Crippen LogP contribution is 2.30. The van der Waals surface area contributed by atoms with Crippen molar-refractivity contribution in [1.29, 1.82) is 5.26 Å². The lowest BCUT2D eigenvalue weighted by atomic mass is 9.80. The van der Waals surface area contributed by atoms with E-state index in [1.165, 1.54) is 24.8 Å². The molecular formula is C17H24N2. The third kappa shape index (κ3) is 3.81. The van der Waals surface area contributed by atoms with Crippen LogP contribution < -0.4 is 5.32 Å². The van der Waals surface area contributed by atoms with E-state index >= 15 is 0 Å². The Hall–Kier alpha value is -1.33. The Labute approximate surface area is 116 Å². The molecule has 19 heavy (non-hydrogen) atoms. The van der Waals surface area contributed by atoms with E-state index in [9.17, 15) is 0 Å². The summed E-state index contributed by atoms with van der Waals surface area (Å²) < 4.78 is 0. The maximum Gasteiger partial charge on any atom is 0.0991 e. The summed E-state index contributed by atoms with van der Waals surface area (Å²) in [6, 6.07) is 11.1. The SMILES string of the molecule is CC1CC(C)CC(NC(C)c2ccc(C#N)cc2)C1. The summed E-state index contributed by atoms with van der Waals surface area (Å²) in [5.41, 5.74) is 2.00. The molecule has 0 spiro atoms. The highest BCUT2D eigenvalue weighted by Gasteiger charge is 2.24. The second-order valence-corrected chi connectivity index (χ2v) is 6.24. The number of rotatable bonds is 3. The van der Waals surface area contributed by atoms with Crippen molar-refractivity contribution in [3.63, 3.8) is 0 Å². The molecule has 0 aromatic heterocycles. The maximum atomic E-state index is 8.82. The number of nitrogens with zero attached hydrogens (tertiary/aromatic N) is 1. The predicted molar refractivity (Wildman–Crippen MR) is 78.7 cm³/mol. The van der Waals surface area contributed by atoms with Gasteiger partial charge in [-0.25, -0.2) is 0 Å². The van der Waals surface area contributed by atoms with Crippen molar-refractivity contribution < 1.29 is 0 Å². The fourth-order valence-electron chi connectivity index (χ4n) is 3.38. The summed E-state index contributed by atoms with van der Waals surface area (Å²) in [5, 5.41) is 12.6. The van der Waals surface area contributed by atoms with Crippen molar-refractivity contribution in [1.82, 2.24) is 5.32 Å². The molecule has 1 aromatic carbocycles. The van der Waals surface area contributed by atoms with Gasteiger partial charge in [0.2, 0.25) is 0 Å². The summed E-state index contributed by atoms with van der Waals surface area (Å²) >= 11 is 0. The minimum atomic E-state index is 0.357. The third-order valence-corrected chi connectivity index (χ3v) is 4.20. The molecule has 0 bridgehead atoms. The van der Waals surface area contributed by atoms with Crippen LogP contribution in [0.3, 0.4) is 0 Å². The van der Waals surface area contributed by atoms with E-state index in [0.717, 1.165) is 17.4 Å². The molecule has 0 amide bonds. The smallest absolute Gasteiger partial charge is 0.0991 e. The molecule has 3 atom stereocenters. The lowest BCUT2D eigenvalue weighted by Gasteiger charge is -2.34. The Bertz CT molecular complexity index is 433. The van der Waals surface area contributed by atoms with E-state index in [0.29, 0.717) is 12.1 Å². The molecule has 0 heterocycles. The Kier molecular flexibility index (Phi) is 4.61. The van der Waals surface area contributed by atoms with Gasteiger partial charge in [0.1, 0.15) is 0 Å². The summed E-state index contributed by atoms with van der Waals surface area (Å²) in [6.07, 6.45) is 3.93. The van der Waals surface area contributed by atoms with Crippen LogP contribution >= 0.6 is 0 Å². The summed E-state index contributed by atoms with van der Waals surface area (Å²) in [4.78, 5) is 0. The molecule has 1 saturated carbocycles. The molecule has 1 N–H and O–H groups in total. The first-order chi connectivity index (χ1) is 9.08. The van der Waals surface area contributed by atoms with E-state index in [-0.39, 0.29) is 0 Å². The van der Waals surface area contributed by atoms with E-state index in [4.69, 9.17) is 5.26 Å². The summed E-state index contributed by atoms with van der Waals surface area (Å²) in [5.74, 6) is 1.66. The van der Waals surface area contributed by atoms with Crippen molar-refractivity contribution >= 4 is 0 Å². The Morgan fingerprint density at radius 1 is 1.11 bits per heavy atom. The van der Waals surface area contributed by atoms with E-state index in [1.807, 2.05) is 12.1 Å². The van der Waals surface area contributed by atoms with Crippen molar-refractivity contribution in [3.8, 4) is 6.07 Å². The zero-order valence-corrected chi connectivity index (χ0v) is 12.2. The minimum Gasteiger partial charge on any atom is -0.307 e. The molecule has 1 aliphatic carbocycles. The van der Waals surface area contributed by atoms with Crippen LogP contribution in [0.5, 0.6) is 0 Å². The van der Waals surface area contributed by atoms with Crippen molar-refractivity contribution in [2.24, 2.45) is 11.8 Å². The molecular weight excluding hydrogens is 232 g/mol. The Morgan fingerprint density at radius 3 is 2.21 bits per heavy atom. The molecule has 0 aliphatic heterocycles. The highest BCUT2D eigenvalue weighted by molar-refractivity contribution is 5.32. The van der Waals surface area contributed by atoms with Crippen LogP contribution in [0.4, 0.5) is 0 Å². The van der Waals surface area contributed by atoms with Gasteiger partial charge in [0.25, 0.3) is 0 Å². The molecule has 102 valence electrons. The van der Waals surface area contributed by atoms with Crippen LogP contribution in [0.25, 0.3) is 0 Å². The first kappa shape index (κ1) is 14.1. The van der Waals surface area contributed by atoms with Gasteiger partial charge in [-0.05, 0) is 55.7 Å². The minimum absolute atomic E-state index is 0.357. The standard InChI is InChI=1S/C17H24N2/c1-12-8-13(2)10-17(9-12)19-14(3)16-6-4-15(11-18)5-7-16/h4-7,12-14,17,19H,8-10H2,1-3H3. The molecule has 1 fully saturated rings. The number of nitrogens with one attached hydrogen (secondary N) is 1. The van der Waals surface area contributed by atoms with Crippen LogP contribution in [0, 0.1) is 23.2 Å². The summed E-state index contributed by atoms with van der Waals surface area (Å²) in [7, 11) is 0. The zero-order chi connectivity index (χ0) is 13.8. The number of nitriles is 1. The topological polar surface area (TPSA) is 35.8 Å². The second kappa shape index (κ2) is 6.21. The molecule has 3 unspecified atom stereocenters. The van der Waals surface area contributed by atoms with Crippen molar-refractivity contribution in [3.05, 3.63) is 35.4 Å².